The van der Waals surface area contributed by atoms with Gasteiger partial charge in [-0.2, -0.15) is 0 Å². The highest BCUT2D eigenvalue weighted by molar-refractivity contribution is 8.77. The van der Waals surface area contributed by atoms with Crippen molar-refractivity contribution in [2.75, 3.05) is 55.8 Å². The number of amides is 12. The second-order valence-electron chi connectivity index (χ2n) is 21.4. The Balaban J connectivity index is 1.65. The first kappa shape index (κ1) is 74.7. The summed E-state index contributed by atoms with van der Waals surface area (Å²) in [5.74, 6) is -14.9. The van der Waals surface area contributed by atoms with Gasteiger partial charge in [-0.25, -0.2) is 0 Å². The third-order valence-electron chi connectivity index (χ3n) is 14.4. The summed E-state index contributed by atoms with van der Waals surface area (Å²) in [6.45, 7) is -0.363. The number of hydrogen-bond acceptors (Lipinski definition) is 25. The molecule has 0 aliphatic carbocycles. The first-order valence-electron chi connectivity index (χ1n) is 29.0. The normalized spacial score (nSPS) is 26.4. The summed E-state index contributed by atoms with van der Waals surface area (Å²) >= 11 is 0. The van der Waals surface area contributed by atoms with Crippen molar-refractivity contribution in [3.05, 3.63) is 36.0 Å². The van der Waals surface area contributed by atoms with Crippen LogP contribution in [0.4, 0.5) is 0 Å². The van der Waals surface area contributed by atoms with Crippen molar-refractivity contribution in [3.8, 4) is 0 Å². The van der Waals surface area contributed by atoms with E-state index in [1.807, 2.05) is 0 Å². The first-order valence-corrected chi connectivity index (χ1v) is 34.0. The van der Waals surface area contributed by atoms with Crippen LogP contribution in [0.15, 0.2) is 30.5 Å². The number of primary amides is 1. The molecule has 35 nitrogen and oxygen atoms in total. The standard InChI is InChI=1S/C52H82N20O15S4/c1-24-41(78)66-30(15-25-18-61-27-8-3-2-7-26(25)27)44(81)64-28(9-4-12-59-51(55)56)42(79)69-33(40(54)77)20-88-90-23-36-48(85)68-32(19-73)45(82)67-31(16-39(75)76)50(87)72-14-6-11-37(72)49(86)65-29(10-5-13-60-52(57)58)43(80)70-35(46(83)62-24)22-91-89-21-34(47(84)71-36)63-38(74)17-53/h2-3,7-8,18,24,28-37,51-52,59-61,73H,4-6,9-17,19-23,53,55-58H2,1H3,(H2,54,77)(H,62,83)(H,63,74)(H,64,81)(H,65,86)(H,66,78)(H,67,82)(H,68,85)(H,69,79)(H,70,80)(H,71,84)(H,75,76)/t24-,28-,29-,30-,31-,32-,33-,34-,35-,36-,37-/m0/s1. The lowest BCUT2D eigenvalue weighted by Crippen LogP contribution is -2.61. The topological polar surface area (TPSA) is 582 Å². The van der Waals surface area contributed by atoms with Gasteiger partial charge in [-0.1, -0.05) is 61.4 Å². The van der Waals surface area contributed by atoms with E-state index >= 15 is 0 Å². The number of aliphatic carboxylic acids is 1. The third kappa shape index (κ3) is 23.9. The number of H-pyrrole nitrogens is 1. The molecule has 11 atom stereocenters. The van der Waals surface area contributed by atoms with Gasteiger partial charge in [0.1, 0.15) is 79.0 Å². The van der Waals surface area contributed by atoms with Crippen molar-refractivity contribution in [3.63, 3.8) is 0 Å². The molecule has 91 heavy (non-hydrogen) atoms. The minimum Gasteiger partial charge on any atom is -0.481 e. The fourth-order valence-electron chi connectivity index (χ4n) is 9.53. The van der Waals surface area contributed by atoms with E-state index in [-0.39, 0.29) is 81.8 Å². The summed E-state index contributed by atoms with van der Waals surface area (Å²) in [5, 5.41) is 52.0. The molecule has 27 N–H and O–H groups in total. The number of hydrogen-bond donors (Lipinski definition) is 21. The molecule has 5 rings (SSSR count). The average Bonchev–Trinajstić information content (AvgIpc) is 1.86. The summed E-state index contributed by atoms with van der Waals surface area (Å²) in [6.07, 6.45) is -1.33. The largest absolute Gasteiger partial charge is 0.481 e. The van der Waals surface area contributed by atoms with Gasteiger partial charge in [0.15, 0.2) is 0 Å². The Labute approximate surface area is 538 Å². The van der Waals surface area contributed by atoms with Gasteiger partial charge in [0.05, 0.1) is 19.6 Å². The number of carbonyl (C=O) groups excluding carboxylic acids is 12. The molecule has 12 amide bonds. The second-order valence-corrected chi connectivity index (χ2v) is 26.5. The van der Waals surface area contributed by atoms with Gasteiger partial charge in [0, 0.05) is 53.1 Å². The quantitative estimate of drug-likeness (QED) is 0.0374. The SMILES string of the molecule is C[C@@H]1NC(=O)[C@@H]2CSSC[C@H](NC(=O)CN)C(=O)N[C@@H](CSSC[C@@H](C(N)=O)NC(=O)[C@H](CCCNC(N)N)NC(=O)[C@H](Cc3c[nH]c4ccccc34)NC1=O)C(=O)N[C@@H](CO)C(=O)N[C@@H](CC(=O)O)C(=O)N1CCC[C@H]1C(=O)N[C@@H](CCCNC(N)N)C(=O)N2. The molecule has 39 heteroatoms. The van der Waals surface area contributed by atoms with E-state index in [1.54, 1.807) is 30.5 Å². The monoisotopic (exact) mass is 1350 g/mol. The molecule has 0 radical (unpaired) electrons. The van der Waals surface area contributed by atoms with Gasteiger partial charge >= 0.3 is 5.97 Å². The molecule has 3 fully saturated rings. The Morgan fingerprint density at radius 3 is 1.77 bits per heavy atom. The molecule has 1 aromatic heterocycles. The molecule has 504 valence electrons. The van der Waals surface area contributed by atoms with Crippen molar-refractivity contribution in [2.45, 2.75) is 137 Å². The fraction of sp³-hybridized carbons (Fsp3) is 0.596. The number of aliphatic hydroxyl groups is 1. The van der Waals surface area contributed by atoms with Gasteiger partial charge in [0.25, 0.3) is 0 Å². The van der Waals surface area contributed by atoms with E-state index in [2.05, 4.69) is 68.8 Å². The molecular weight excluding hydrogens is 1270 g/mol. The molecule has 1 aromatic carbocycles. The number of nitrogens with two attached hydrogens (primary N) is 6. The van der Waals surface area contributed by atoms with Crippen LogP contribution in [0, 0.1) is 0 Å². The lowest BCUT2D eigenvalue weighted by molar-refractivity contribution is -0.146. The number of aromatic amines is 1. The summed E-state index contributed by atoms with van der Waals surface area (Å²) in [5.41, 5.74) is 35.4. The number of fused-ring (bicyclic) bond motifs is 10. The van der Waals surface area contributed by atoms with Crippen molar-refractivity contribution in [1.82, 2.24) is 73.7 Å². The third-order valence-corrected chi connectivity index (χ3v) is 19.2. The summed E-state index contributed by atoms with van der Waals surface area (Å²) in [7, 11) is 3.50. The van der Waals surface area contributed by atoms with Gasteiger partial charge in [-0.05, 0) is 70.2 Å². The highest BCUT2D eigenvalue weighted by Gasteiger charge is 2.42. The fourth-order valence-corrected chi connectivity index (χ4v) is 14.2. The minimum atomic E-state index is -1.93. The van der Waals surface area contributed by atoms with E-state index in [9.17, 15) is 72.5 Å². The number of nitrogens with one attached hydrogen (secondary N) is 13. The minimum absolute atomic E-state index is 0.00122. The number of carboxylic acids is 1. The van der Waals surface area contributed by atoms with Crippen LogP contribution in [0.2, 0.25) is 0 Å². The number of aliphatic hydroxyl groups excluding tert-OH is 1. The predicted molar refractivity (Wildman–Crippen MR) is 338 cm³/mol. The van der Waals surface area contributed by atoms with Crippen LogP contribution in [0.5, 0.6) is 0 Å². The highest BCUT2D eigenvalue weighted by atomic mass is 33.1. The van der Waals surface area contributed by atoms with Gasteiger partial charge in [-0.3, -0.25) is 73.0 Å². The van der Waals surface area contributed by atoms with Crippen LogP contribution in [0.1, 0.15) is 57.4 Å². The predicted octanol–water partition coefficient (Wildman–Crippen LogP) is -8.59. The van der Waals surface area contributed by atoms with Crippen LogP contribution in [-0.2, 0) is 68.7 Å². The Morgan fingerprint density at radius 2 is 1.16 bits per heavy atom. The zero-order valence-corrected chi connectivity index (χ0v) is 52.9. The Hall–Kier alpha value is -7.05. The van der Waals surface area contributed by atoms with Crippen LogP contribution in [-0.4, -0.2) is 232 Å². The number of para-hydroxylation sites is 1. The number of rotatable bonds is 18. The molecule has 2 bridgehead atoms. The van der Waals surface area contributed by atoms with E-state index in [4.69, 9.17) is 34.4 Å². The summed E-state index contributed by atoms with van der Waals surface area (Å²) in [4.78, 5) is 186. The van der Waals surface area contributed by atoms with E-state index in [0.29, 0.717) is 16.5 Å². The maximum atomic E-state index is 14.7. The Bertz CT molecular complexity index is 2910. The van der Waals surface area contributed by atoms with E-state index < -0.39 is 181 Å². The first-order chi connectivity index (χ1) is 43.3. The molecule has 0 spiro atoms. The van der Waals surface area contributed by atoms with Crippen molar-refractivity contribution < 1.29 is 72.5 Å². The zero-order valence-electron chi connectivity index (χ0n) is 49.7. The molecule has 0 saturated carbocycles. The van der Waals surface area contributed by atoms with Gasteiger partial charge in [-0.15, -0.1) is 0 Å². The van der Waals surface area contributed by atoms with Crippen LogP contribution in [0.25, 0.3) is 10.9 Å². The van der Waals surface area contributed by atoms with Crippen LogP contribution < -0.4 is 98.2 Å². The number of carboxylic acid groups (broad SMARTS) is 1. The zero-order chi connectivity index (χ0) is 66.9. The number of aromatic nitrogens is 1. The number of nitrogens with zero attached hydrogens (tertiary/aromatic N) is 1. The Kier molecular flexibility index (Phi) is 30.7. The van der Waals surface area contributed by atoms with Crippen LogP contribution >= 0.6 is 43.2 Å². The number of benzene rings is 1. The van der Waals surface area contributed by atoms with Crippen molar-refractivity contribution >= 4 is 131 Å². The number of carbonyl (C=O) groups is 13. The molecule has 3 saturated heterocycles. The maximum absolute atomic E-state index is 14.7. The van der Waals surface area contributed by atoms with Crippen LogP contribution in [0.3, 0.4) is 0 Å². The highest BCUT2D eigenvalue weighted by Crippen LogP contribution is 2.27. The molecule has 0 unspecified atom stereocenters. The van der Waals surface area contributed by atoms with Gasteiger partial charge < -0.3 is 108 Å². The van der Waals surface area contributed by atoms with Crippen molar-refractivity contribution in [2.24, 2.45) is 34.4 Å². The summed E-state index contributed by atoms with van der Waals surface area (Å²) in [6, 6.07) is -10.3. The molecule has 3 aliphatic rings. The lowest BCUT2D eigenvalue weighted by atomic mass is 10.0. The molecular formula is C52H82N20O15S4. The molecule has 2 aromatic rings. The maximum Gasteiger partial charge on any atom is 0.305 e. The summed E-state index contributed by atoms with van der Waals surface area (Å²) < 4.78 is 0. The molecule has 4 heterocycles. The smallest absolute Gasteiger partial charge is 0.305 e. The van der Waals surface area contributed by atoms with E-state index in [0.717, 1.165) is 48.1 Å². The molecule has 3 aliphatic heterocycles. The van der Waals surface area contributed by atoms with Crippen molar-refractivity contribution in [1.29, 1.82) is 0 Å². The Morgan fingerprint density at radius 1 is 0.637 bits per heavy atom. The van der Waals surface area contributed by atoms with Gasteiger partial charge in [0.2, 0.25) is 70.9 Å². The van der Waals surface area contributed by atoms with E-state index in [1.165, 1.54) is 6.92 Å². The lowest BCUT2D eigenvalue weighted by Gasteiger charge is -2.30. The average molecular weight is 1360 g/mol. The second kappa shape index (κ2) is 37.5.